The number of hydrogen-bond donors (Lipinski definition) is 2. The zero-order chi connectivity index (χ0) is 13.6. The Morgan fingerprint density at radius 1 is 1.33 bits per heavy atom. The lowest BCUT2D eigenvalue weighted by Crippen LogP contribution is -2.56. The Morgan fingerprint density at radius 3 is 2.44 bits per heavy atom. The maximum atomic E-state index is 11.8. The zero-order valence-corrected chi connectivity index (χ0v) is 11.5. The number of carboxylic acid groups (broad SMARTS) is 1. The molecule has 1 saturated carbocycles. The molecule has 0 bridgehead atoms. The monoisotopic (exact) mass is 279 g/mol. The van der Waals surface area contributed by atoms with Gasteiger partial charge in [0.2, 0.25) is 10.0 Å². The molecule has 18 heavy (non-hydrogen) atoms. The third kappa shape index (κ3) is 4.22. The highest BCUT2D eigenvalue weighted by atomic mass is 32.2. The molecule has 1 aliphatic carbocycles. The summed E-state index contributed by atoms with van der Waals surface area (Å²) in [6.45, 7) is 2.31. The second-order valence-electron chi connectivity index (χ2n) is 4.57. The number of rotatable bonds is 7. The van der Waals surface area contributed by atoms with Crippen LogP contribution in [0.4, 0.5) is 0 Å². The van der Waals surface area contributed by atoms with E-state index in [1.54, 1.807) is 6.92 Å². The van der Waals surface area contributed by atoms with Gasteiger partial charge in [0, 0.05) is 6.61 Å². The Morgan fingerprint density at radius 2 is 1.94 bits per heavy atom. The van der Waals surface area contributed by atoms with Crippen molar-refractivity contribution in [3.8, 4) is 0 Å². The number of carboxylic acids is 1. The van der Waals surface area contributed by atoms with Crippen LogP contribution in [-0.4, -0.2) is 44.0 Å². The predicted molar refractivity (Wildman–Crippen MR) is 66.9 cm³/mol. The minimum atomic E-state index is -3.61. The lowest BCUT2D eigenvalue weighted by molar-refractivity contribution is -0.145. The van der Waals surface area contributed by atoms with Crippen LogP contribution in [0.5, 0.6) is 0 Å². The molecule has 106 valence electrons. The fourth-order valence-corrected chi connectivity index (χ4v) is 3.50. The largest absolute Gasteiger partial charge is 0.480 e. The first kappa shape index (κ1) is 15.4. The van der Waals surface area contributed by atoms with Crippen LogP contribution in [0.15, 0.2) is 0 Å². The van der Waals surface area contributed by atoms with Gasteiger partial charge in [0.25, 0.3) is 0 Å². The first-order valence-electron chi connectivity index (χ1n) is 6.25. The molecule has 0 radical (unpaired) electrons. The minimum Gasteiger partial charge on any atom is -0.480 e. The fraction of sp³-hybridized carbons (Fsp3) is 0.909. The maximum Gasteiger partial charge on any atom is 0.324 e. The number of sulfonamides is 1. The van der Waals surface area contributed by atoms with Crippen molar-refractivity contribution in [2.75, 3.05) is 19.0 Å². The molecular weight excluding hydrogens is 258 g/mol. The molecule has 0 heterocycles. The van der Waals surface area contributed by atoms with Gasteiger partial charge in [-0.15, -0.1) is 0 Å². The number of aliphatic carboxylic acids is 1. The number of carbonyl (C=O) groups is 1. The highest BCUT2D eigenvalue weighted by molar-refractivity contribution is 7.89. The molecule has 0 saturated heterocycles. The van der Waals surface area contributed by atoms with E-state index in [4.69, 9.17) is 4.74 Å². The number of nitrogens with one attached hydrogen (secondary N) is 1. The molecule has 0 unspecified atom stereocenters. The molecular formula is C11H21NO5S. The van der Waals surface area contributed by atoms with Crippen LogP contribution in [0.2, 0.25) is 0 Å². The average Bonchev–Trinajstić information content (AvgIpc) is 2.29. The summed E-state index contributed by atoms with van der Waals surface area (Å²) in [4.78, 5) is 11.3. The van der Waals surface area contributed by atoms with E-state index in [1.165, 1.54) is 0 Å². The first-order valence-corrected chi connectivity index (χ1v) is 7.90. The fourth-order valence-electron chi connectivity index (χ4n) is 2.18. The number of ether oxygens (including phenoxy) is 1. The van der Waals surface area contributed by atoms with Gasteiger partial charge in [0.15, 0.2) is 0 Å². The van der Waals surface area contributed by atoms with Gasteiger partial charge in [-0.05, 0) is 19.8 Å². The summed E-state index contributed by atoms with van der Waals surface area (Å²) in [7, 11) is -3.61. The molecule has 0 spiro atoms. The van der Waals surface area contributed by atoms with Gasteiger partial charge in [0.05, 0.1) is 12.4 Å². The van der Waals surface area contributed by atoms with Crippen molar-refractivity contribution in [3.63, 3.8) is 0 Å². The highest BCUT2D eigenvalue weighted by Gasteiger charge is 2.42. The zero-order valence-electron chi connectivity index (χ0n) is 10.6. The van der Waals surface area contributed by atoms with Crippen molar-refractivity contribution in [2.24, 2.45) is 0 Å². The van der Waals surface area contributed by atoms with Crippen LogP contribution in [0, 0.1) is 0 Å². The van der Waals surface area contributed by atoms with Crippen molar-refractivity contribution in [2.45, 2.75) is 44.6 Å². The Balaban J connectivity index is 2.68. The first-order chi connectivity index (χ1) is 8.42. The topological polar surface area (TPSA) is 92.7 Å². The summed E-state index contributed by atoms with van der Waals surface area (Å²) in [5.74, 6) is -1.28. The Hall–Kier alpha value is -0.660. The van der Waals surface area contributed by atoms with E-state index in [1.807, 2.05) is 0 Å². The van der Waals surface area contributed by atoms with Crippen molar-refractivity contribution < 1.29 is 23.1 Å². The average molecular weight is 279 g/mol. The SMILES string of the molecule is CCOCCS(=O)(=O)NC1(C(=O)O)CCCCC1. The van der Waals surface area contributed by atoms with Crippen molar-refractivity contribution in [1.29, 1.82) is 0 Å². The summed E-state index contributed by atoms with van der Waals surface area (Å²) in [5, 5.41) is 9.27. The maximum absolute atomic E-state index is 11.8. The van der Waals surface area contributed by atoms with E-state index in [0.29, 0.717) is 19.4 Å². The molecule has 0 aromatic heterocycles. The molecule has 7 heteroatoms. The standard InChI is InChI=1S/C11H21NO5S/c1-2-17-8-9-18(15,16)12-11(10(13)14)6-4-3-5-7-11/h12H,2-9H2,1H3,(H,13,14). The van der Waals surface area contributed by atoms with Crippen LogP contribution in [0.1, 0.15) is 39.0 Å². The predicted octanol–water partition coefficient (Wildman–Crippen LogP) is 0.730. The lowest BCUT2D eigenvalue weighted by atomic mass is 9.83. The molecule has 0 aromatic rings. The van der Waals surface area contributed by atoms with Crippen molar-refractivity contribution in [3.05, 3.63) is 0 Å². The van der Waals surface area contributed by atoms with Crippen LogP contribution in [0.3, 0.4) is 0 Å². The highest BCUT2D eigenvalue weighted by Crippen LogP contribution is 2.29. The smallest absolute Gasteiger partial charge is 0.324 e. The van der Waals surface area contributed by atoms with E-state index in [0.717, 1.165) is 19.3 Å². The van der Waals surface area contributed by atoms with Crippen molar-refractivity contribution in [1.82, 2.24) is 4.72 Å². The molecule has 0 aromatic carbocycles. The lowest BCUT2D eigenvalue weighted by Gasteiger charge is -2.33. The van der Waals surface area contributed by atoms with Crippen LogP contribution in [-0.2, 0) is 19.6 Å². The third-order valence-electron chi connectivity index (χ3n) is 3.17. The van der Waals surface area contributed by atoms with E-state index in [-0.39, 0.29) is 12.4 Å². The van der Waals surface area contributed by atoms with Gasteiger partial charge in [-0.2, -0.15) is 4.72 Å². The summed E-state index contributed by atoms with van der Waals surface area (Å²) in [6, 6.07) is 0. The van der Waals surface area contributed by atoms with Gasteiger partial charge >= 0.3 is 5.97 Å². The second kappa shape index (κ2) is 6.49. The number of hydrogen-bond acceptors (Lipinski definition) is 4. The molecule has 0 atom stereocenters. The van der Waals surface area contributed by atoms with E-state index in [9.17, 15) is 18.3 Å². The van der Waals surface area contributed by atoms with Crippen LogP contribution in [0.25, 0.3) is 0 Å². The van der Waals surface area contributed by atoms with E-state index >= 15 is 0 Å². The molecule has 2 N–H and O–H groups in total. The van der Waals surface area contributed by atoms with E-state index < -0.39 is 21.5 Å². The normalized spacial score (nSPS) is 19.6. The Kier molecular flexibility index (Phi) is 5.55. The van der Waals surface area contributed by atoms with Gasteiger partial charge in [0.1, 0.15) is 5.54 Å². The molecule has 0 amide bonds. The van der Waals surface area contributed by atoms with Gasteiger partial charge in [-0.1, -0.05) is 19.3 Å². The van der Waals surface area contributed by atoms with E-state index in [2.05, 4.69) is 4.72 Å². The molecule has 1 fully saturated rings. The summed E-state index contributed by atoms with van der Waals surface area (Å²) in [5.41, 5.74) is -1.32. The molecule has 1 rings (SSSR count). The van der Waals surface area contributed by atoms with Crippen LogP contribution >= 0.6 is 0 Å². The van der Waals surface area contributed by atoms with Gasteiger partial charge < -0.3 is 9.84 Å². The quantitative estimate of drug-likeness (QED) is 0.670. The Labute approximate surface area is 108 Å². The molecule has 6 nitrogen and oxygen atoms in total. The van der Waals surface area contributed by atoms with Gasteiger partial charge in [-0.25, -0.2) is 8.42 Å². The third-order valence-corrected chi connectivity index (χ3v) is 4.57. The van der Waals surface area contributed by atoms with Crippen LogP contribution < -0.4 is 4.72 Å². The summed E-state index contributed by atoms with van der Waals surface area (Å²) in [6.07, 6.45) is 3.14. The summed E-state index contributed by atoms with van der Waals surface area (Å²) < 4.78 is 31.0. The summed E-state index contributed by atoms with van der Waals surface area (Å²) >= 11 is 0. The van der Waals surface area contributed by atoms with Crippen molar-refractivity contribution >= 4 is 16.0 Å². The Bertz CT molecular complexity index is 373. The minimum absolute atomic E-state index is 0.0849. The molecule has 1 aliphatic rings. The van der Waals surface area contributed by atoms with Gasteiger partial charge in [-0.3, -0.25) is 4.79 Å². The molecule has 0 aliphatic heterocycles. The second-order valence-corrected chi connectivity index (χ2v) is 6.41.